The highest BCUT2D eigenvalue weighted by Gasteiger charge is 2.14. The van der Waals surface area contributed by atoms with Gasteiger partial charge < -0.3 is 9.30 Å². The molecule has 146 valence electrons. The SMILES string of the molecule is O=S(=O)(Nc1ccc(Oc2ccc(-n3cccc3)nn2)cc1)c1cccc(Cl)c1. The van der Waals surface area contributed by atoms with Gasteiger partial charge in [-0.25, -0.2) is 8.42 Å². The Morgan fingerprint density at radius 3 is 2.31 bits per heavy atom. The molecule has 4 aromatic rings. The highest BCUT2D eigenvalue weighted by atomic mass is 35.5. The largest absolute Gasteiger partial charge is 0.438 e. The Bertz CT molecular complexity index is 1210. The third-order valence-electron chi connectivity index (χ3n) is 3.93. The molecular formula is C20H15ClN4O3S. The minimum absolute atomic E-state index is 0.0865. The van der Waals surface area contributed by atoms with Crippen LogP contribution in [0.5, 0.6) is 11.6 Å². The molecule has 0 bridgehead atoms. The summed E-state index contributed by atoms with van der Waals surface area (Å²) >= 11 is 5.87. The van der Waals surface area contributed by atoms with Crippen molar-refractivity contribution in [2.75, 3.05) is 4.72 Å². The molecule has 0 spiro atoms. The third kappa shape index (κ3) is 4.56. The Morgan fingerprint density at radius 1 is 0.897 bits per heavy atom. The minimum Gasteiger partial charge on any atom is -0.438 e. The molecule has 0 amide bonds. The van der Waals surface area contributed by atoms with Crippen LogP contribution in [0.2, 0.25) is 5.02 Å². The molecule has 0 aliphatic rings. The van der Waals surface area contributed by atoms with Crippen molar-refractivity contribution in [3.63, 3.8) is 0 Å². The lowest BCUT2D eigenvalue weighted by Crippen LogP contribution is -2.12. The summed E-state index contributed by atoms with van der Waals surface area (Å²) in [6, 6.07) is 19.8. The molecule has 2 aromatic carbocycles. The first-order valence-electron chi connectivity index (χ1n) is 8.53. The maximum absolute atomic E-state index is 12.4. The van der Waals surface area contributed by atoms with Crippen LogP contribution in [-0.2, 0) is 10.0 Å². The van der Waals surface area contributed by atoms with E-state index in [1.807, 2.05) is 29.1 Å². The average molecular weight is 427 g/mol. The molecule has 7 nitrogen and oxygen atoms in total. The number of sulfonamides is 1. The van der Waals surface area contributed by atoms with Crippen molar-refractivity contribution >= 4 is 27.3 Å². The van der Waals surface area contributed by atoms with Gasteiger partial charge in [0, 0.05) is 29.2 Å². The van der Waals surface area contributed by atoms with E-state index >= 15 is 0 Å². The van der Waals surface area contributed by atoms with E-state index in [9.17, 15) is 8.42 Å². The van der Waals surface area contributed by atoms with E-state index in [1.54, 1.807) is 48.5 Å². The first-order chi connectivity index (χ1) is 14.0. The van der Waals surface area contributed by atoms with Crippen molar-refractivity contribution in [1.29, 1.82) is 0 Å². The van der Waals surface area contributed by atoms with Crippen molar-refractivity contribution < 1.29 is 13.2 Å². The second kappa shape index (κ2) is 7.94. The zero-order valence-corrected chi connectivity index (χ0v) is 16.5. The van der Waals surface area contributed by atoms with Crippen LogP contribution in [0.4, 0.5) is 5.69 Å². The Labute approximate surface area is 172 Å². The van der Waals surface area contributed by atoms with Crippen LogP contribution in [0.25, 0.3) is 5.82 Å². The van der Waals surface area contributed by atoms with E-state index in [0.717, 1.165) is 0 Å². The van der Waals surface area contributed by atoms with Crippen LogP contribution in [0, 0.1) is 0 Å². The summed E-state index contributed by atoms with van der Waals surface area (Å²) in [4.78, 5) is 0.0865. The van der Waals surface area contributed by atoms with Gasteiger partial charge in [-0.1, -0.05) is 17.7 Å². The van der Waals surface area contributed by atoms with Gasteiger partial charge >= 0.3 is 0 Å². The van der Waals surface area contributed by atoms with Gasteiger partial charge in [0.05, 0.1) is 4.90 Å². The molecule has 29 heavy (non-hydrogen) atoms. The zero-order valence-electron chi connectivity index (χ0n) is 14.9. The summed E-state index contributed by atoms with van der Waals surface area (Å²) in [5, 5.41) is 8.50. The molecular weight excluding hydrogens is 412 g/mol. The number of ether oxygens (including phenoxy) is 1. The van der Waals surface area contributed by atoms with Crippen LogP contribution in [-0.4, -0.2) is 23.2 Å². The molecule has 0 saturated heterocycles. The number of hydrogen-bond donors (Lipinski definition) is 1. The Balaban J connectivity index is 1.44. The predicted molar refractivity (Wildman–Crippen MR) is 110 cm³/mol. The molecule has 2 aromatic heterocycles. The Kier molecular flexibility index (Phi) is 5.20. The van der Waals surface area contributed by atoms with Crippen LogP contribution >= 0.6 is 11.6 Å². The topological polar surface area (TPSA) is 86.1 Å². The highest BCUT2D eigenvalue weighted by molar-refractivity contribution is 7.92. The molecule has 0 unspecified atom stereocenters. The summed E-state index contributed by atoms with van der Waals surface area (Å²) in [7, 11) is -3.73. The predicted octanol–water partition coefficient (Wildman–Crippen LogP) is 4.51. The van der Waals surface area contributed by atoms with Gasteiger partial charge in [0.2, 0.25) is 5.88 Å². The van der Waals surface area contributed by atoms with Crippen molar-refractivity contribution in [2.45, 2.75) is 4.90 Å². The lowest BCUT2D eigenvalue weighted by atomic mass is 10.3. The average Bonchev–Trinajstić information content (AvgIpc) is 3.25. The minimum atomic E-state index is -3.73. The van der Waals surface area contributed by atoms with Crippen LogP contribution in [0.1, 0.15) is 0 Å². The Morgan fingerprint density at radius 2 is 1.66 bits per heavy atom. The van der Waals surface area contributed by atoms with Crippen molar-refractivity contribution in [3.8, 4) is 17.4 Å². The fourth-order valence-electron chi connectivity index (χ4n) is 2.55. The van der Waals surface area contributed by atoms with Gasteiger partial charge in [0.25, 0.3) is 10.0 Å². The summed E-state index contributed by atoms with van der Waals surface area (Å²) in [6.45, 7) is 0. The number of aromatic nitrogens is 3. The third-order valence-corrected chi connectivity index (χ3v) is 5.54. The number of benzene rings is 2. The molecule has 9 heteroatoms. The van der Waals surface area contributed by atoms with E-state index in [-0.39, 0.29) is 4.90 Å². The van der Waals surface area contributed by atoms with Gasteiger partial charge in [0.1, 0.15) is 5.75 Å². The van der Waals surface area contributed by atoms with Gasteiger partial charge in [0.15, 0.2) is 5.82 Å². The van der Waals surface area contributed by atoms with Crippen LogP contribution in [0.3, 0.4) is 0 Å². The number of halogens is 1. The van der Waals surface area contributed by atoms with E-state index in [1.165, 1.54) is 12.1 Å². The van der Waals surface area contributed by atoms with Crippen LogP contribution in [0.15, 0.2) is 90.1 Å². The molecule has 0 aliphatic heterocycles. The number of rotatable bonds is 6. The maximum atomic E-state index is 12.4. The molecule has 0 radical (unpaired) electrons. The molecule has 4 rings (SSSR count). The van der Waals surface area contributed by atoms with Gasteiger partial charge in [-0.05, 0) is 60.7 Å². The van der Waals surface area contributed by atoms with Crippen LogP contribution < -0.4 is 9.46 Å². The number of nitrogens with one attached hydrogen (secondary N) is 1. The molecule has 1 N–H and O–H groups in total. The quantitative estimate of drug-likeness (QED) is 0.490. The second-order valence-electron chi connectivity index (χ2n) is 6.01. The molecule has 2 heterocycles. The molecule has 0 atom stereocenters. The van der Waals surface area contributed by atoms with Gasteiger partial charge in [-0.2, -0.15) is 0 Å². The monoisotopic (exact) mass is 426 g/mol. The lowest BCUT2D eigenvalue weighted by Gasteiger charge is -2.10. The van der Waals surface area contributed by atoms with Crippen molar-refractivity contribution in [3.05, 3.63) is 90.2 Å². The van der Waals surface area contributed by atoms with E-state index in [4.69, 9.17) is 16.3 Å². The molecule has 0 saturated carbocycles. The second-order valence-corrected chi connectivity index (χ2v) is 8.13. The van der Waals surface area contributed by atoms with Gasteiger partial charge in [-0.15, -0.1) is 10.2 Å². The first-order valence-corrected chi connectivity index (χ1v) is 10.4. The van der Waals surface area contributed by atoms with Gasteiger partial charge in [-0.3, -0.25) is 4.72 Å². The highest BCUT2D eigenvalue weighted by Crippen LogP contribution is 2.24. The number of anilines is 1. The molecule has 0 aliphatic carbocycles. The Hall–Kier alpha value is -3.36. The first kappa shape index (κ1) is 19.0. The smallest absolute Gasteiger partial charge is 0.261 e. The van der Waals surface area contributed by atoms with E-state index in [2.05, 4.69) is 14.9 Å². The molecule has 0 fully saturated rings. The summed E-state index contributed by atoms with van der Waals surface area (Å²) in [6.07, 6.45) is 3.74. The van der Waals surface area contributed by atoms with E-state index in [0.29, 0.717) is 28.2 Å². The standard InChI is InChI=1S/C20H15ClN4O3S/c21-15-4-3-5-18(14-15)29(26,27)24-16-6-8-17(9-7-16)28-20-11-10-19(22-23-20)25-12-1-2-13-25/h1-14,24H. The van der Waals surface area contributed by atoms with Crippen molar-refractivity contribution in [1.82, 2.24) is 14.8 Å². The normalized spacial score (nSPS) is 11.2. The maximum Gasteiger partial charge on any atom is 0.261 e. The summed E-state index contributed by atoms with van der Waals surface area (Å²) in [5.41, 5.74) is 0.395. The fourth-order valence-corrected chi connectivity index (χ4v) is 3.91. The number of hydrogen-bond acceptors (Lipinski definition) is 5. The number of nitrogens with zero attached hydrogens (tertiary/aromatic N) is 3. The van der Waals surface area contributed by atoms with Crippen molar-refractivity contribution in [2.24, 2.45) is 0 Å². The fraction of sp³-hybridized carbons (Fsp3) is 0. The summed E-state index contributed by atoms with van der Waals surface area (Å²) in [5.74, 6) is 1.50. The van der Waals surface area contributed by atoms with E-state index < -0.39 is 10.0 Å². The zero-order chi connectivity index (χ0) is 20.3. The lowest BCUT2D eigenvalue weighted by molar-refractivity contribution is 0.454. The summed E-state index contributed by atoms with van der Waals surface area (Å²) < 4.78 is 34.9.